The van der Waals surface area contributed by atoms with Crippen molar-refractivity contribution < 1.29 is 14.1 Å². The highest BCUT2D eigenvalue weighted by Crippen LogP contribution is 2.07. The zero-order chi connectivity index (χ0) is 13.4. The average Bonchev–Trinajstić information content (AvgIpc) is 2.37. The summed E-state index contributed by atoms with van der Waals surface area (Å²) in [6, 6.07) is 7.24. The summed E-state index contributed by atoms with van der Waals surface area (Å²) in [6.07, 6.45) is 0.876. The summed E-state index contributed by atoms with van der Waals surface area (Å²) < 4.78 is 11.7. The highest BCUT2D eigenvalue weighted by atomic mass is 32.2. The Labute approximate surface area is 110 Å². The number of aliphatic hydroxyl groups excluding tert-OH is 1. The second kappa shape index (κ2) is 8.00. The van der Waals surface area contributed by atoms with Crippen LogP contribution >= 0.6 is 0 Å². The highest BCUT2D eigenvalue weighted by Gasteiger charge is 2.08. The molecule has 1 unspecified atom stereocenters. The minimum atomic E-state index is -1.19. The number of hydrogen-bond donors (Lipinski definition) is 2. The number of rotatable bonds is 7. The highest BCUT2D eigenvalue weighted by molar-refractivity contribution is 7.84. The van der Waals surface area contributed by atoms with Gasteiger partial charge in [-0.15, -0.1) is 0 Å². The van der Waals surface area contributed by atoms with Crippen LogP contribution in [0.25, 0.3) is 0 Å². The van der Waals surface area contributed by atoms with Gasteiger partial charge < -0.3 is 10.4 Å². The van der Waals surface area contributed by atoms with Gasteiger partial charge in [-0.1, -0.05) is 31.2 Å². The molecule has 0 saturated heterocycles. The Balaban J connectivity index is 2.41. The van der Waals surface area contributed by atoms with Crippen molar-refractivity contribution in [2.75, 3.05) is 12.3 Å². The van der Waals surface area contributed by atoms with Crippen LogP contribution in [0.2, 0.25) is 0 Å². The normalized spacial score (nSPS) is 12.1. The number of hydrogen-bond acceptors (Lipinski definition) is 3. The van der Waals surface area contributed by atoms with E-state index in [1.165, 1.54) is 0 Å². The van der Waals surface area contributed by atoms with Crippen molar-refractivity contribution in [1.29, 1.82) is 0 Å². The first kappa shape index (κ1) is 14.9. The first-order chi connectivity index (χ1) is 8.65. The van der Waals surface area contributed by atoms with E-state index >= 15 is 0 Å². The van der Waals surface area contributed by atoms with Crippen LogP contribution in [0.3, 0.4) is 0 Å². The van der Waals surface area contributed by atoms with Crippen LogP contribution in [0.15, 0.2) is 24.3 Å². The molecular weight excluding hydrogens is 250 g/mol. The van der Waals surface area contributed by atoms with Gasteiger partial charge >= 0.3 is 0 Å². The number of aliphatic hydroxyl groups is 1. The molecule has 1 aromatic carbocycles. The molecule has 0 radical (unpaired) electrons. The van der Waals surface area contributed by atoms with E-state index in [0.29, 0.717) is 12.3 Å². The molecule has 5 heteroatoms. The van der Waals surface area contributed by atoms with E-state index in [1.54, 1.807) is 12.1 Å². The molecule has 0 aliphatic heterocycles. The van der Waals surface area contributed by atoms with Crippen molar-refractivity contribution in [1.82, 2.24) is 5.32 Å². The topological polar surface area (TPSA) is 66.4 Å². The van der Waals surface area contributed by atoms with E-state index < -0.39 is 10.8 Å². The largest absolute Gasteiger partial charge is 0.392 e. The van der Waals surface area contributed by atoms with Gasteiger partial charge in [0.15, 0.2) is 0 Å². The van der Waals surface area contributed by atoms with E-state index in [-0.39, 0.29) is 18.3 Å². The van der Waals surface area contributed by atoms with Crippen LogP contribution in [-0.2, 0) is 28.0 Å². The molecule has 2 N–H and O–H groups in total. The van der Waals surface area contributed by atoms with E-state index in [2.05, 4.69) is 5.32 Å². The van der Waals surface area contributed by atoms with Gasteiger partial charge in [0, 0.05) is 23.1 Å². The van der Waals surface area contributed by atoms with Crippen molar-refractivity contribution in [3.8, 4) is 0 Å². The van der Waals surface area contributed by atoms with Gasteiger partial charge in [-0.2, -0.15) is 0 Å². The summed E-state index contributed by atoms with van der Waals surface area (Å²) in [5, 5.41) is 11.6. The smallest absolute Gasteiger partial charge is 0.232 e. The number of carbonyl (C=O) groups is 1. The van der Waals surface area contributed by atoms with E-state index in [0.717, 1.165) is 17.5 Å². The third-order valence-corrected chi connectivity index (χ3v) is 3.64. The standard InChI is InChI=1S/C13H19NO3S/c1-2-7-14-13(16)10-18(17)9-12-5-3-11(8-15)4-6-12/h3-6,15H,2,7-10H2,1H3,(H,14,16). The quantitative estimate of drug-likeness (QED) is 0.774. The fraction of sp³-hybridized carbons (Fsp3) is 0.462. The first-order valence-electron chi connectivity index (χ1n) is 5.96. The van der Waals surface area contributed by atoms with Gasteiger partial charge in [0.05, 0.1) is 6.61 Å². The lowest BCUT2D eigenvalue weighted by Gasteiger charge is -2.04. The lowest BCUT2D eigenvalue weighted by atomic mass is 10.2. The Morgan fingerprint density at radius 2 is 1.89 bits per heavy atom. The van der Waals surface area contributed by atoms with Gasteiger partial charge in [-0.25, -0.2) is 0 Å². The molecule has 0 aliphatic carbocycles. The monoisotopic (exact) mass is 269 g/mol. The molecule has 100 valence electrons. The second-order valence-electron chi connectivity index (χ2n) is 4.05. The van der Waals surface area contributed by atoms with Gasteiger partial charge in [-0.05, 0) is 17.5 Å². The van der Waals surface area contributed by atoms with Crippen molar-refractivity contribution in [3.05, 3.63) is 35.4 Å². The van der Waals surface area contributed by atoms with E-state index in [4.69, 9.17) is 5.11 Å². The molecule has 0 spiro atoms. The maximum atomic E-state index is 11.7. The number of carbonyl (C=O) groups excluding carboxylic acids is 1. The SMILES string of the molecule is CCCNC(=O)CS(=O)Cc1ccc(CO)cc1. The molecule has 0 bridgehead atoms. The summed E-state index contributed by atoms with van der Waals surface area (Å²) in [4.78, 5) is 11.4. The second-order valence-corrected chi connectivity index (χ2v) is 5.51. The fourth-order valence-electron chi connectivity index (χ4n) is 1.44. The molecule has 0 aliphatic rings. The summed E-state index contributed by atoms with van der Waals surface area (Å²) in [6.45, 7) is 2.60. The molecule has 1 rings (SSSR count). The molecule has 0 fully saturated rings. The third kappa shape index (κ3) is 5.42. The van der Waals surface area contributed by atoms with Gasteiger partial charge in [0.1, 0.15) is 5.75 Å². The fourth-order valence-corrected chi connectivity index (χ4v) is 2.50. The Kier molecular flexibility index (Phi) is 6.60. The molecule has 1 aromatic rings. The minimum absolute atomic E-state index is 0.00277. The van der Waals surface area contributed by atoms with Crippen molar-refractivity contribution in [3.63, 3.8) is 0 Å². The zero-order valence-electron chi connectivity index (χ0n) is 10.5. The Morgan fingerprint density at radius 3 is 2.44 bits per heavy atom. The van der Waals surface area contributed by atoms with Gasteiger partial charge in [0.2, 0.25) is 5.91 Å². The number of nitrogens with one attached hydrogen (secondary N) is 1. The molecule has 0 saturated carbocycles. The van der Waals surface area contributed by atoms with Crippen LogP contribution in [0, 0.1) is 0 Å². The van der Waals surface area contributed by atoms with Crippen molar-refractivity contribution in [2.24, 2.45) is 0 Å². The molecule has 4 nitrogen and oxygen atoms in total. The molecule has 1 amide bonds. The van der Waals surface area contributed by atoms with Gasteiger partial charge in [-0.3, -0.25) is 9.00 Å². The van der Waals surface area contributed by atoms with Crippen LogP contribution in [0.1, 0.15) is 24.5 Å². The molecule has 18 heavy (non-hydrogen) atoms. The number of benzene rings is 1. The molecule has 1 atom stereocenters. The average molecular weight is 269 g/mol. The Hall–Kier alpha value is -1.20. The maximum Gasteiger partial charge on any atom is 0.232 e. The first-order valence-corrected chi connectivity index (χ1v) is 7.45. The predicted molar refractivity (Wildman–Crippen MR) is 72.4 cm³/mol. The van der Waals surface area contributed by atoms with Crippen LogP contribution in [0.4, 0.5) is 0 Å². The van der Waals surface area contributed by atoms with E-state index in [1.807, 2.05) is 19.1 Å². The van der Waals surface area contributed by atoms with Crippen LogP contribution in [-0.4, -0.2) is 27.5 Å². The van der Waals surface area contributed by atoms with Crippen molar-refractivity contribution in [2.45, 2.75) is 25.7 Å². The lowest BCUT2D eigenvalue weighted by molar-refractivity contribution is -0.118. The summed E-state index contributed by atoms with van der Waals surface area (Å²) in [7, 11) is -1.19. The minimum Gasteiger partial charge on any atom is -0.392 e. The molecule has 0 heterocycles. The summed E-state index contributed by atoms with van der Waals surface area (Å²) in [5.41, 5.74) is 1.74. The van der Waals surface area contributed by atoms with Crippen LogP contribution < -0.4 is 5.32 Å². The third-order valence-electron chi connectivity index (χ3n) is 2.40. The molecular formula is C13H19NO3S. The maximum absolute atomic E-state index is 11.7. The van der Waals surface area contributed by atoms with Crippen molar-refractivity contribution >= 4 is 16.7 Å². The Morgan fingerprint density at radius 1 is 1.28 bits per heavy atom. The zero-order valence-corrected chi connectivity index (χ0v) is 11.3. The lowest BCUT2D eigenvalue weighted by Crippen LogP contribution is -2.29. The van der Waals surface area contributed by atoms with Gasteiger partial charge in [0.25, 0.3) is 0 Å². The summed E-state index contributed by atoms with van der Waals surface area (Å²) in [5.74, 6) is 0.245. The predicted octanol–water partition coefficient (Wildman–Crippen LogP) is 0.954. The Bertz CT molecular complexity index is 403. The van der Waals surface area contributed by atoms with Crippen LogP contribution in [0.5, 0.6) is 0 Å². The number of amides is 1. The summed E-state index contributed by atoms with van der Waals surface area (Å²) >= 11 is 0. The van der Waals surface area contributed by atoms with E-state index in [9.17, 15) is 9.00 Å². The molecule has 0 aromatic heterocycles.